The highest BCUT2D eigenvalue weighted by Gasteiger charge is 2.07. The van der Waals surface area contributed by atoms with Crippen molar-refractivity contribution in [3.05, 3.63) is 97.0 Å². The van der Waals surface area contributed by atoms with E-state index in [1.54, 1.807) is 43.2 Å². The van der Waals surface area contributed by atoms with Crippen LogP contribution in [0.3, 0.4) is 0 Å². The van der Waals surface area contributed by atoms with E-state index in [2.05, 4.69) is 25.6 Å². The molecule has 7 heteroatoms. The minimum absolute atomic E-state index is 0.162. The van der Waals surface area contributed by atoms with Crippen molar-refractivity contribution in [3.63, 3.8) is 0 Å². The number of imidazole rings is 1. The molecule has 28 heavy (non-hydrogen) atoms. The first kappa shape index (κ1) is 17.4. The summed E-state index contributed by atoms with van der Waals surface area (Å²) < 4.78 is 1.93. The lowest BCUT2D eigenvalue weighted by atomic mass is 10.2. The first-order chi connectivity index (χ1) is 13.8. The fourth-order valence-electron chi connectivity index (χ4n) is 2.70. The molecular formula is C21H18N6O. The Bertz CT molecular complexity index is 1050. The number of pyridine rings is 2. The monoisotopic (exact) mass is 370 g/mol. The second kappa shape index (κ2) is 8.13. The number of rotatable bonds is 6. The molecular weight excluding hydrogens is 352 g/mol. The quantitative estimate of drug-likeness (QED) is 0.544. The molecule has 0 aliphatic heterocycles. The van der Waals surface area contributed by atoms with E-state index in [0.717, 1.165) is 16.9 Å². The second-order valence-electron chi connectivity index (χ2n) is 6.12. The van der Waals surface area contributed by atoms with Crippen molar-refractivity contribution < 1.29 is 4.79 Å². The molecule has 0 aliphatic rings. The summed E-state index contributed by atoms with van der Waals surface area (Å²) in [7, 11) is 0. The maximum absolute atomic E-state index is 12.4. The molecule has 1 aromatic carbocycles. The Morgan fingerprint density at radius 3 is 2.64 bits per heavy atom. The van der Waals surface area contributed by atoms with Crippen LogP contribution in [-0.2, 0) is 6.54 Å². The molecule has 3 heterocycles. The zero-order valence-electron chi connectivity index (χ0n) is 15.0. The minimum atomic E-state index is -0.162. The van der Waals surface area contributed by atoms with E-state index < -0.39 is 0 Å². The highest BCUT2D eigenvalue weighted by molar-refractivity contribution is 5.94. The third kappa shape index (κ3) is 4.21. The Labute approximate surface area is 162 Å². The number of carbonyl (C=O) groups is 1. The fourth-order valence-corrected chi connectivity index (χ4v) is 2.70. The predicted octanol–water partition coefficient (Wildman–Crippen LogP) is 3.34. The van der Waals surface area contributed by atoms with E-state index in [4.69, 9.17) is 0 Å². The zero-order valence-corrected chi connectivity index (χ0v) is 15.0. The van der Waals surface area contributed by atoms with E-state index in [1.165, 1.54) is 0 Å². The highest BCUT2D eigenvalue weighted by atomic mass is 16.1. The summed E-state index contributed by atoms with van der Waals surface area (Å²) in [5.41, 5.74) is 3.38. The van der Waals surface area contributed by atoms with Gasteiger partial charge in [0.2, 0.25) is 0 Å². The Hall–Kier alpha value is -4.00. The summed E-state index contributed by atoms with van der Waals surface area (Å²) in [6.07, 6.45) is 10.4. The van der Waals surface area contributed by atoms with Gasteiger partial charge in [0.05, 0.1) is 6.33 Å². The Kier molecular flexibility index (Phi) is 5.06. The van der Waals surface area contributed by atoms with Crippen LogP contribution in [0, 0.1) is 0 Å². The van der Waals surface area contributed by atoms with Crippen molar-refractivity contribution in [2.75, 3.05) is 5.32 Å². The molecule has 0 saturated heterocycles. The predicted molar refractivity (Wildman–Crippen MR) is 106 cm³/mol. The van der Waals surface area contributed by atoms with Crippen molar-refractivity contribution in [2.45, 2.75) is 6.54 Å². The van der Waals surface area contributed by atoms with Crippen LogP contribution < -0.4 is 10.6 Å². The molecule has 1 amide bonds. The molecule has 0 spiro atoms. The summed E-state index contributed by atoms with van der Waals surface area (Å²) in [6, 6.07) is 15.0. The average molecular weight is 370 g/mol. The molecule has 3 aromatic heterocycles. The molecule has 0 aliphatic carbocycles. The van der Waals surface area contributed by atoms with Crippen molar-refractivity contribution in [3.8, 4) is 5.69 Å². The van der Waals surface area contributed by atoms with Gasteiger partial charge in [-0.2, -0.15) is 0 Å². The number of carbonyl (C=O) groups excluding carboxylic acids is 1. The smallest absolute Gasteiger partial charge is 0.251 e. The lowest BCUT2D eigenvalue weighted by Gasteiger charge is -2.09. The number of benzene rings is 1. The molecule has 7 nitrogen and oxygen atoms in total. The van der Waals surface area contributed by atoms with Crippen LogP contribution in [-0.4, -0.2) is 25.4 Å². The van der Waals surface area contributed by atoms with Crippen LogP contribution in [0.15, 0.2) is 85.8 Å². The van der Waals surface area contributed by atoms with Crippen LogP contribution in [0.5, 0.6) is 0 Å². The van der Waals surface area contributed by atoms with Gasteiger partial charge in [0.25, 0.3) is 5.91 Å². The van der Waals surface area contributed by atoms with Crippen LogP contribution in [0.1, 0.15) is 15.9 Å². The van der Waals surface area contributed by atoms with Gasteiger partial charge in [-0.1, -0.05) is 6.07 Å². The van der Waals surface area contributed by atoms with Crippen molar-refractivity contribution in [1.29, 1.82) is 0 Å². The van der Waals surface area contributed by atoms with Gasteiger partial charge < -0.3 is 15.2 Å². The van der Waals surface area contributed by atoms with E-state index in [-0.39, 0.29) is 5.91 Å². The number of nitrogens with zero attached hydrogens (tertiary/aromatic N) is 4. The van der Waals surface area contributed by atoms with Gasteiger partial charge in [-0.25, -0.2) is 9.97 Å². The van der Waals surface area contributed by atoms with Gasteiger partial charge in [-0.3, -0.25) is 9.78 Å². The molecule has 0 saturated carbocycles. The lowest BCUT2D eigenvalue weighted by Crippen LogP contribution is -2.23. The van der Waals surface area contributed by atoms with Crippen LogP contribution in [0.4, 0.5) is 11.5 Å². The first-order valence-corrected chi connectivity index (χ1v) is 8.76. The molecule has 0 fully saturated rings. The molecule has 2 N–H and O–H groups in total. The number of hydrogen-bond acceptors (Lipinski definition) is 5. The van der Waals surface area contributed by atoms with E-state index in [1.807, 2.05) is 47.2 Å². The molecule has 0 atom stereocenters. The number of aromatic nitrogens is 4. The summed E-state index contributed by atoms with van der Waals surface area (Å²) in [4.78, 5) is 24.8. The van der Waals surface area contributed by atoms with E-state index >= 15 is 0 Å². The van der Waals surface area contributed by atoms with Gasteiger partial charge in [-0.05, 0) is 48.0 Å². The molecule has 0 radical (unpaired) electrons. The molecule has 0 unspecified atom stereocenters. The van der Waals surface area contributed by atoms with Crippen LogP contribution in [0.25, 0.3) is 5.69 Å². The van der Waals surface area contributed by atoms with Crippen LogP contribution in [0.2, 0.25) is 0 Å². The highest BCUT2D eigenvalue weighted by Crippen LogP contribution is 2.18. The van der Waals surface area contributed by atoms with Crippen LogP contribution >= 0.6 is 0 Å². The van der Waals surface area contributed by atoms with Gasteiger partial charge in [-0.15, -0.1) is 0 Å². The summed E-state index contributed by atoms with van der Waals surface area (Å²) in [5, 5.41) is 6.11. The number of hydrogen-bond donors (Lipinski definition) is 2. The summed E-state index contributed by atoms with van der Waals surface area (Å²) >= 11 is 0. The molecule has 4 rings (SSSR count). The maximum Gasteiger partial charge on any atom is 0.251 e. The normalized spacial score (nSPS) is 10.4. The third-order valence-corrected chi connectivity index (χ3v) is 4.14. The summed E-state index contributed by atoms with van der Waals surface area (Å²) in [6.45, 7) is 0.424. The van der Waals surface area contributed by atoms with Gasteiger partial charge in [0.1, 0.15) is 5.82 Å². The number of anilines is 2. The molecule has 0 bridgehead atoms. The maximum atomic E-state index is 12.4. The first-order valence-electron chi connectivity index (χ1n) is 8.76. The van der Waals surface area contributed by atoms with E-state index in [9.17, 15) is 4.79 Å². The Morgan fingerprint density at radius 2 is 1.89 bits per heavy atom. The van der Waals surface area contributed by atoms with Gasteiger partial charge in [0, 0.05) is 54.5 Å². The SMILES string of the molecule is O=C(NCc1cccnc1)c1ccnc(Nc2ccc(-n3ccnc3)cc2)c1. The Balaban J connectivity index is 1.41. The lowest BCUT2D eigenvalue weighted by molar-refractivity contribution is 0.0951. The van der Waals surface area contributed by atoms with Crippen molar-refractivity contribution in [2.24, 2.45) is 0 Å². The number of amides is 1. The standard InChI is InChI=1S/C21H18N6O/c28-21(25-14-16-2-1-8-22-13-16)17-7-9-24-20(12-17)26-18-3-5-19(6-4-18)27-11-10-23-15-27/h1-13,15H,14H2,(H,24,26)(H,25,28). The minimum Gasteiger partial charge on any atom is -0.348 e. The Morgan fingerprint density at radius 1 is 1.00 bits per heavy atom. The van der Waals surface area contributed by atoms with Gasteiger partial charge in [0.15, 0.2) is 0 Å². The fraction of sp³-hybridized carbons (Fsp3) is 0.0476. The zero-order chi connectivity index (χ0) is 19.2. The molecule has 4 aromatic rings. The van der Waals surface area contributed by atoms with Gasteiger partial charge >= 0.3 is 0 Å². The topological polar surface area (TPSA) is 84.7 Å². The van der Waals surface area contributed by atoms with E-state index in [0.29, 0.717) is 17.9 Å². The average Bonchev–Trinajstić information content (AvgIpc) is 3.28. The largest absolute Gasteiger partial charge is 0.348 e. The summed E-state index contributed by atoms with van der Waals surface area (Å²) in [5.74, 6) is 0.439. The third-order valence-electron chi connectivity index (χ3n) is 4.14. The van der Waals surface area contributed by atoms with Crippen molar-refractivity contribution >= 4 is 17.4 Å². The van der Waals surface area contributed by atoms with Crippen molar-refractivity contribution in [1.82, 2.24) is 24.8 Å². The molecule has 138 valence electrons. The number of nitrogens with one attached hydrogen (secondary N) is 2. The second-order valence-corrected chi connectivity index (χ2v) is 6.12.